The quantitative estimate of drug-likeness (QED) is 0.522. The van der Waals surface area contributed by atoms with Crippen LogP contribution in [0, 0.1) is 0 Å². The van der Waals surface area contributed by atoms with E-state index in [4.69, 9.17) is 4.74 Å². The van der Waals surface area contributed by atoms with E-state index in [1.54, 1.807) is 6.07 Å². The zero-order valence-corrected chi connectivity index (χ0v) is 18.8. The minimum atomic E-state index is -4.50. The van der Waals surface area contributed by atoms with Gasteiger partial charge in [0.15, 0.2) is 0 Å². The van der Waals surface area contributed by atoms with Crippen molar-refractivity contribution in [2.45, 2.75) is 6.18 Å². The number of amides is 2. The highest BCUT2D eigenvalue weighted by molar-refractivity contribution is 7.18. The Morgan fingerprint density at radius 2 is 1.71 bits per heavy atom. The molecule has 0 spiro atoms. The van der Waals surface area contributed by atoms with E-state index in [2.05, 4.69) is 10.2 Å². The second kappa shape index (κ2) is 10.3. The van der Waals surface area contributed by atoms with E-state index in [9.17, 15) is 22.8 Å². The topological polar surface area (TPSA) is 70.7 Å². The van der Waals surface area contributed by atoms with Gasteiger partial charge in [-0.2, -0.15) is 13.2 Å². The van der Waals surface area contributed by atoms with Crippen molar-refractivity contribution in [3.63, 3.8) is 0 Å². The molecular weight excluding hydrogens is 467 g/mol. The van der Waals surface area contributed by atoms with E-state index in [1.807, 2.05) is 41.7 Å². The van der Waals surface area contributed by atoms with E-state index >= 15 is 0 Å². The lowest BCUT2D eigenvalue weighted by Crippen LogP contribution is -2.35. The van der Waals surface area contributed by atoms with Crippen molar-refractivity contribution in [1.82, 2.24) is 5.32 Å². The van der Waals surface area contributed by atoms with E-state index in [0.717, 1.165) is 29.2 Å². The Morgan fingerprint density at radius 1 is 0.971 bits per heavy atom. The Balaban J connectivity index is 1.54. The molecule has 1 aromatic heterocycles. The smallest absolute Gasteiger partial charge is 0.378 e. The number of halogens is 3. The molecule has 0 radical (unpaired) electrons. The summed E-state index contributed by atoms with van der Waals surface area (Å²) in [5.74, 6) is -1.24. The molecule has 2 aromatic carbocycles. The summed E-state index contributed by atoms with van der Waals surface area (Å²) in [5, 5.41) is 5.55. The first-order chi connectivity index (χ1) is 16.3. The fourth-order valence-corrected chi connectivity index (χ4v) is 4.66. The van der Waals surface area contributed by atoms with E-state index in [0.29, 0.717) is 23.8 Å². The molecule has 3 aromatic rings. The number of anilines is 2. The number of hydrogen-bond acceptors (Lipinski definition) is 5. The lowest BCUT2D eigenvalue weighted by molar-refractivity contribution is -0.123. The molecule has 1 aliphatic rings. The van der Waals surface area contributed by atoms with Crippen molar-refractivity contribution >= 4 is 33.8 Å². The van der Waals surface area contributed by atoms with Crippen LogP contribution < -0.4 is 15.5 Å². The molecular formula is C24H22F3N3O3S. The average molecular weight is 490 g/mol. The molecule has 1 aliphatic heterocycles. The summed E-state index contributed by atoms with van der Waals surface area (Å²) in [6.45, 7) is 1.23. The van der Waals surface area contributed by atoms with Crippen molar-refractivity contribution in [2.24, 2.45) is 0 Å². The number of carbonyl (C=O) groups excluding carboxylic acids is 2. The van der Waals surface area contributed by atoms with E-state index < -0.39 is 18.6 Å². The summed E-state index contributed by atoms with van der Waals surface area (Å²) in [7, 11) is 0. The van der Waals surface area contributed by atoms with Gasteiger partial charge in [0.2, 0.25) is 0 Å². The maximum Gasteiger partial charge on any atom is 0.405 e. The molecule has 2 amide bonds. The average Bonchev–Trinajstić information content (AvgIpc) is 3.29. The molecule has 1 saturated heterocycles. The number of nitrogens with zero attached hydrogens (tertiary/aromatic N) is 1. The number of rotatable bonds is 6. The maximum atomic E-state index is 13.0. The van der Waals surface area contributed by atoms with Crippen LogP contribution in [0.25, 0.3) is 11.1 Å². The summed E-state index contributed by atoms with van der Waals surface area (Å²) in [5.41, 5.74) is 2.26. The largest absolute Gasteiger partial charge is 0.405 e. The third-order valence-electron chi connectivity index (χ3n) is 5.15. The lowest BCUT2D eigenvalue weighted by Gasteiger charge is -2.28. The van der Waals surface area contributed by atoms with Gasteiger partial charge in [0.05, 0.1) is 23.1 Å². The van der Waals surface area contributed by atoms with Gasteiger partial charge >= 0.3 is 6.18 Å². The molecule has 2 N–H and O–H groups in total. The highest BCUT2D eigenvalue weighted by atomic mass is 32.1. The molecule has 10 heteroatoms. The molecule has 1 fully saturated rings. The van der Waals surface area contributed by atoms with Gasteiger partial charge in [-0.05, 0) is 29.8 Å². The van der Waals surface area contributed by atoms with Gasteiger partial charge in [0.1, 0.15) is 6.54 Å². The maximum absolute atomic E-state index is 13.0. The van der Waals surface area contributed by atoms with Crippen molar-refractivity contribution in [2.75, 3.05) is 43.1 Å². The van der Waals surface area contributed by atoms with Crippen molar-refractivity contribution in [3.05, 3.63) is 71.1 Å². The van der Waals surface area contributed by atoms with Crippen molar-refractivity contribution < 1.29 is 27.5 Å². The van der Waals surface area contributed by atoms with Crippen LogP contribution in [0.15, 0.2) is 60.7 Å². The second-order valence-electron chi connectivity index (χ2n) is 7.63. The first-order valence-corrected chi connectivity index (χ1v) is 11.4. The zero-order chi connectivity index (χ0) is 24.1. The van der Waals surface area contributed by atoms with Gasteiger partial charge < -0.3 is 20.3 Å². The standard InChI is InChI=1S/C24H22F3N3O3S/c25-24(26,27)15-28-21(31)17-7-4-8-18(13-17)29-22(32)20-14-19(16-5-2-1-3-6-16)23(34-20)30-9-11-33-12-10-30/h1-8,13-14H,9-12,15H2,(H,28,31)(H,29,32). The molecule has 4 rings (SSSR count). The van der Waals surface area contributed by atoms with E-state index in [-0.39, 0.29) is 11.5 Å². The Kier molecular flexibility index (Phi) is 7.18. The van der Waals surface area contributed by atoms with Crippen LogP contribution in [0.2, 0.25) is 0 Å². The molecule has 0 atom stereocenters. The molecule has 0 unspecified atom stereocenters. The minimum Gasteiger partial charge on any atom is -0.378 e. The van der Waals surface area contributed by atoms with Crippen LogP contribution in [0.4, 0.5) is 23.9 Å². The number of ether oxygens (including phenoxy) is 1. The van der Waals surface area contributed by atoms with Crippen LogP contribution in [0.5, 0.6) is 0 Å². The summed E-state index contributed by atoms with van der Waals surface area (Å²) >= 11 is 1.36. The van der Waals surface area contributed by atoms with Gasteiger partial charge in [0.25, 0.3) is 11.8 Å². The fourth-order valence-electron chi connectivity index (χ4n) is 3.53. The van der Waals surface area contributed by atoms with Gasteiger partial charge in [0, 0.05) is 29.9 Å². The number of carbonyl (C=O) groups is 2. The molecule has 178 valence electrons. The summed E-state index contributed by atoms with van der Waals surface area (Å²) < 4.78 is 42.6. The monoisotopic (exact) mass is 489 g/mol. The second-order valence-corrected chi connectivity index (χ2v) is 8.66. The van der Waals surface area contributed by atoms with Crippen LogP contribution >= 0.6 is 11.3 Å². The number of morpholine rings is 1. The van der Waals surface area contributed by atoms with Crippen LogP contribution in [-0.4, -0.2) is 50.8 Å². The summed E-state index contributed by atoms with van der Waals surface area (Å²) in [6.07, 6.45) is -4.50. The molecule has 6 nitrogen and oxygen atoms in total. The van der Waals surface area contributed by atoms with Crippen molar-refractivity contribution in [1.29, 1.82) is 0 Å². The number of hydrogen-bond donors (Lipinski definition) is 2. The Morgan fingerprint density at radius 3 is 2.41 bits per heavy atom. The van der Waals surface area contributed by atoms with Crippen LogP contribution in [0.1, 0.15) is 20.0 Å². The number of benzene rings is 2. The van der Waals surface area contributed by atoms with E-state index in [1.165, 1.54) is 29.5 Å². The molecule has 0 bridgehead atoms. The molecule has 0 saturated carbocycles. The molecule has 2 heterocycles. The van der Waals surface area contributed by atoms with Gasteiger partial charge in [-0.3, -0.25) is 9.59 Å². The van der Waals surface area contributed by atoms with Crippen molar-refractivity contribution in [3.8, 4) is 11.1 Å². The van der Waals surface area contributed by atoms with Crippen LogP contribution in [-0.2, 0) is 4.74 Å². The lowest BCUT2D eigenvalue weighted by atomic mass is 10.1. The number of nitrogens with one attached hydrogen (secondary N) is 2. The molecule has 34 heavy (non-hydrogen) atoms. The Bertz CT molecular complexity index is 1160. The molecule has 0 aliphatic carbocycles. The minimum absolute atomic E-state index is 0.0206. The Labute approximate surface area is 198 Å². The third kappa shape index (κ3) is 5.95. The first kappa shape index (κ1) is 23.8. The number of alkyl halides is 3. The first-order valence-electron chi connectivity index (χ1n) is 10.6. The zero-order valence-electron chi connectivity index (χ0n) is 18.0. The Hall–Kier alpha value is -3.37. The highest BCUT2D eigenvalue weighted by Gasteiger charge is 2.28. The predicted molar refractivity (Wildman–Crippen MR) is 126 cm³/mol. The normalized spacial score (nSPS) is 14.0. The highest BCUT2D eigenvalue weighted by Crippen LogP contribution is 2.39. The predicted octanol–water partition coefficient (Wildman–Crippen LogP) is 4.80. The van der Waals surface area contributed by atoms with Gasteiger partial charge in [-0.15, -0.1) is 11.3 Å². The SMILES string of the molecule is O=C(NCC(F)(F)F)c1cccc(NC(=O)c2cc(-c3ccccc3)c(N3CCOCC3)s2)c1. The van der Waals surface area contributed by atoms with Gasteiger partial charge in [-0.1, -0.05) is 36.4 Å². The summed E-state index contributed by atoms with van der Waals surface area (Å²) in [4.78, 5) is 27.8. The van der Waals surface area contributed by atoms with Gasteiger partial charge in [-0.25, -0.2) is 0 Å². The van der Waals surface area contributed by atoms with Crippen LogP contribution in [0.3, 0.4) is 0 Å². The fraction of sp³-hybridized carbons (Fsp3) is 0.250. The third-order valence-corrected chi connectivity index (χ3v) is 6.35. The summed E-state index contributed by atoms with van der Waals surface area (Å²) in [6, 6.07) is 17.4. The number of thiophene rings is 1.